The maximum atomic E-state index is 6.57. The maximum Gasteiger partial charge on any atom is 0.164 e. The highest BCUT2D eigenvalue weighted by Crippen LogP contribution is 2.41. The van der Waals surface area contributed by atoms with Crippen LogP contribution in [0.1, 0.15) is 0 Å². The van der Waals surface area contributed by atoms with E-state index in [1.54, 1.807) is 0 Å². The Morgan fingerprint density at radius 2 is 0.956 bits per heavy atom. The molecular formula is C41H25N3O. The van der Waals surface area contributed by atoms with Gasteiger partial charge in [-0.05, 0) is 45.5 Å². The van der Waals surface area contributed by atoms with Crippen molar-refractivity contribution in [3.05, 3.63) is 152 Å². The van der Waals surface area contributed by atoms with Gasteiger partial charge in [0.2, 0.25) is 0 Å². The summed E-state index contributed by atoms with van der Waals surface area (Å²) in [6.45, 7) is 0. The van der Waals surface area contributed by atoms with E-state index in [0.717, 1.165) is 55.0 Å². The Morgan fingerprint density at radius 3 is 1.71 bits per heavy atom. The largest absolute Gasteiger partial charge is 0.455 e. The first kappa shape index (κ1) is 25.4. The van der Waals surface area contributed by atoms with E-state index in [-0.39, 0.29) is 0 Å². The van der Waals surface area contributed by atoms with Crippen LogP contribution < -0.4 is 0 Å². The Kier molecular flexibility index (Phi) is 5.78. The third-order valence-electron chi connectivity index (χ3n) is 8.52. The molecular weight excluding hydrogens is 550 g/mol. The molecule has 210 valence electrons. The predicted molar refractivity (Wildman–Crippen MR) is 184 cm³/mol. The van der Waals surface area contributed by atoms with Gasteiger partial charge in [-0.25, -0.2) is 15.0 Å². The molecule has 2 heterocycles. The minimum Gasteiger partial charge on any atom is -0.455 e. The quantitative estimate of drug-likeness (QED) is 0.209. The maximum absolute atomic E-state index is 6.57. The third-order valence-corrected chi connectivity index (χ3v) is 8.52. The van der Waals surface area contributed by atoms with Gasteiger partial charge >= 0.3 is 0 Å². The Morgan fingerprint density at radius 1 is 0.356 bits per heavy atom. The molecule has 7 aromatic carbocycles. The second-order valence-electron chi connectivity index (χ2n) is 11.2. The summed E-state index contributed by atoms with van der Waals surface area (Å²) < 4.78 is 6.57. The summed E-state index contributed by atoms with van der Waals surface area (Å²) in [4.78, 5) is 15.1. The highest BCUT2D eigenvalue weighted by atomic mass is 16.3. The zero-order chi connectivity index (χ0) is 29.7. The Labute approximate surface area is 259 Å². The summed E-state index contributed by atoms with van der Waals surface area (Å²) in [5.74, 6) is 1.90. The topological polar surface area (TPSA) is 51.8 Å². The third kappa shape index (κ3) is 4.27. The number of benzene rings is 7. The van der Waals surface area contributed by atoms with E-state index in [1.165, 1.54) is 16.3 Å². The van der Waals surface area contributed by atoms with Crippen molar-refractivity contribution in [2.75, 3.05) is 0 Å². The van der Waals surface area contributed by atoms with Crippen molar-refractivity contribution >= 4 is 43.5 Å². The number of rotatable bonds is 4. The molecule has 0 aliphatic rings. The molecule has 4 heteroatoms. The minimum absolute atomic E-state index is 0.623. The smallest absolute Gasteiger partial charge is 0.164 e. The molecule has 0 unspecified atom stereocenters. The van der Waals surface area contributed by atoms with Crippen LogP contribution in [0.2, 0.25) is 0 Å². The fourth-order valence-corrected chi connectivity index (χ4v) is 6.36. The average molecular weight is 576 g/mol. The lowest BCUT2D eigenvalue weighted by Gasteiger charge is -2.13. The molecule has 0 saturated carbocycles. The zero-order valence-electron chi connectivity index (χ0n) is 24.2. The van der Waals surface area contributed by atoms with Crippen molar-refractivity contribution in [2.45, 2.75) is 0 Å². The van der Waals surface area contributed by atoms with Crippen molar-refractivity contribution in [1.82, 2.24) is 15.0 Å². The van der Waals surface area contributed by atoms with Gasteiger partial charge in [0.05, 0.1) is 0 Å². The molecule has 4 nitrogen and oxygen atoms in total. The summed E-state index contributed by atoms with van der Waals surface area (Å²) in [6.07, 6.45) is 0. The van der Waals surface area contributed by atoms with Crippen molar-refractivity contribution < 1.29 is 4.42 Å². The Balaban J connectivity index is 1.36. The van der Waals surface area contributed by atoms with E-state index in [0.29, 0.717) is 17.5 Å². The van der Waals surface area contributed by atoms with Gasteiger partial charge in [-0.15, -0.1) is 0 Å². The Bertz CT molecular complexity index is 2470. The lowest BCUT2D eigenvalue weighted by atomic mass is 9.93. The summed E-state index contributed by atoms with van der Waals surface area (Å²) >= 11 is 0. The molecule has 0 amide bonds. The first-order valence-corrected chi connectivity index (χ1v) is 15.0. The van der Waals surface area contributed by atoms with Crippen LogP contribution in [0.15, 0.2) is 156 Å². The van der Waals surface area contributed by atoms with Crippen LogP contribution in [0.3, 0.4) is 0 Å². The summed E-state index contributed by atoms with van der Waals surface area (Å²) in [5.41, 5.74) is 6.84. The molecule has 0 N–H and O–H groups in total. The van der Waals surface area contributed by atoms with Crippen molar-refractivity contribution in [2.24, 2.45) is 0 Å². The molecule has 0 aliphatic heterocycles. The number of para-hydroxylation sites is 1. The average Bonchev–Trinajstić information content (AvgIpc) is 3.50. The van der Waals surface area contributed by atoms with Gasteiger partial charge in [0, 0.05) is 32.8 Å². The highest BCUT2D eigenvalue weighted by molar-refractivity contribution is 6.19. The van der Waals surface area contributed by atoms with Gasteiger partial charge < -0.3 is 4.42 Å². The van der Waals surface area contributed by atoms with Gasteiger partial charge in [-0.1, -0.05) is 133 Å². The first-order valence-electron chi connectivity index (χ1n) is 15.0. The molecule has 2 aromatic heterocycles. The molecule has 0 atom stereocenters. The fourth-order valence-electron chi connectivity index (χ4n) is 6.36. The second-order valence-corrected chi connectivity index (χ2v) is 11.2. The van der Waals surface area contributed by atoms with E-state index >= 15 is 0 Å². The minimum atomic E-state index is 0.623. The lowest BCUT2D eigenvalue weighted by Crippen LogP contribution is -2.00. The number of hydrogen-bond donors (Lipinski definition) is 0. The molecule has 9 rings (SSSR count). The van der Waals surface area contributed by atoms with Crippen LogP contribution in [0.4, 0.5) is 0 Å². The van der Waals surface area contributed by atoms with Crippen LogP contribution in [-0.2, 0) is 0 Å². The number of hydrogen-bond acceptors (Lipinski definition) is 4. The van der Waals surface area contributed by atoms with E-state index in [1.807, 2.05) is 72.8 Å². The van der Waals surface area contributed by atoms with Crippen molar-refractivity contribution in [3.8, 4) is 45.3 Å². The van der Waals surface area contributed by atoms with Gasteiger partial charge in [0.25, 0.3) is 0 Å². The molecule has 0 bridgehead atoms. The van der Waals surface area contributed by atoms with Crippen LogP contribution in [0, 0.1) is 0 Å². The monoisotopic (exact) mass is 575 g/mol. The molecule has 9 aromatic rings. The lowest BCUT2D eigenvalue weighted by molar-refractivity contribution is 0.672. The first-order chi connectivity index (χ1) is 22.3. The number of nitrogens with zero attached hydrogens (tertiary/aromatic N) is 3. The molecule has 0 radical (unpaired) electrons. The number of aromatic nitrogens is 3. The predicted octanol–water partition coefficient (Wildman–Crippen LogP) is 10.7. The molecule has 0 aliphatic carbocycles. The fraction of sp³-hybridized carbons (Fsp3) is 0. The number of fused-ring (bicyclic) bond motifs is 6. The summed E-state index contributed by atoms with van der Waals surface area (Å²) in [5, 5.41) is 6.57. The van der Waals surface area contributed by atoms with Gasteiger partial charge in [0.15, 0.2) is 17.5 Å². The van der Waals surface area contributed by atoms with Crippen LogP contribution in [0.5, 0.6) is 0 Å². The molecule has 0 saturated heterocycles. The van der Waals surface area contributed by atoms with E-state index in [4.69, 9.17) is 19.4 Å². The highest BCUT2D eigenvalue weighted by Gasteiger charge is 2.19. The van der Waals surface area contributed by atoms with Crippen LogP contribution in [-0.4, -0.2) is 15.0 Å². The zero-order valence-corrected chi connectivity index (χ0v) is 24.2. The standard InChI is InChI=1S/C41H25N3O/c1-3-13-27(14-4-1)39-42-40(28-15-5-2-6-16-28)44-41(43-39)36-25-35-33-19-9-10-21-37(33)45-38(35)34-24-29(22-23-32(34)36)31-20-11-17-26-12-7-8-18-30(26)31/h1-25H. The number of furan rings is 1. The summed E-state index contributed by atoms with van der Waals surface area (Å²) in [7, 11) is 0. The SMILES string of the molecule is c1ccc(-c2nc(-c3ccccc3)nc(-c3cc4c5ccccc5oc4c4cc(-c5cccc6ccccc56)ccc34)n2)cc1. The second kappa shape index (κ2) is 10.2. The molecule has 0 spiro atoms. The molecule has 45 heavy (non-hydrogen) atoms. The normalized spacial score (nSPS) is 11.6. The van der Waals surface area contributed by atoms with E-state index in [9.17, 15) is 0 Å². The van der Waals surface area contributed by atoms with Gasteiger partial charge in [0.1, 0.15) is 11.2 Å². The Hall–Kier alpha value is -6.13. The van der Waals surface area contributed by atoms with E-state index in [2.05, 4.69) is 78.9 Å². The van der Waals surface area contributed by atoms with Gasteiger partial charge in [-0.3, -0.25) is 0 Å². The van der Waals surface area contributed by atoms with Crippen molar-refractivity contribution in [1.29, 1.82) is 0 Å². The van der Waals surface area contributed by atoms with Crippen LogP contribution >= 0.6 is 0 Å². The van der Waals surface area contributed by atoms with Crippen molar-refractivity contribution in [3.63, 3.8) is 0 Å². The van der Waals surface area contributed by atoms with Gasteiger partial charge in [-0.2, -0.15) is 0 Å². The van der Waals surface area contributed by atoms with Crippen LogP contribution in [0.25, 0.3) is 88.8 Å². The summed E-state index contributed by atoms with van der Waals surface area (Å²) in [6, 6.07) is 52.2. The molecule has 0 fully saturated rings. The van der Waals surface area contributed by atoms with E-state index < -0.39 is 0 Å².